The molecule has 178 valence electrons. The van der Waals surface area contributed by atoms with Gasteiger partial charge in [0, 0.05) is 16.5 Å². The van der Waals surface area contributed by atoms with Gasteiger partial charge < -0.3 is 19.7 Å². The number of halogens is 1. The second kappa shape index (κ2) is 11.9. The molecule has 5 nitrogen and oxygen atoms in total. The van der Waals surface area contributed by atoms with E-state index in [1.54, 1.807) is 7.11 Å². The Morgan fingerprint density at radius 2 is 1.68 bits per heavy atom. The Bertz CT molecular complexity index is 1050. The summed E-state index contributed by atoms with van der Waals surface area (Å²) in [5, 5.41) is 4.02. The lowest BCUT2D eigenvalue weighted by molar-refractivity contribution is -0.138. The SMILES string of the molecule is COc1ccccc1C(c1ccc(Cl)cc1)N(CCOc1ccccc1)C(=O)C1CCNCC1. The van der Waals surface area contributed by atoms with Crippen LogP contribution in [0.5, 0.6) is 11.5 Å². The minimum atomic E-state index is -0.324. The zero-order chi connectivity index (χ0) is 23.8. The fourth-order valence-electron chi connectivity index (χ4n) is 4.51. The molecule has 0 aromatic heterocycles. The summed E-state index contributed by atoms with van der Waals surface area (Å²) in [5.41, 5.74) is 1.92. The number of rotatable bonds is 9. The van der Waals surface area contributed by atoms with Crippen LogP contribution >= 0.6 is 11.6 Å². The normalized spacial score (nSPS) is 14.9. The molecule has 0 radical (unpaired) electrons. The molecule has 1 fully saturated rings. The molecule has 1 N–H and O–H groups in total. The third-order valence-corrected chi connectivity index (χ3v) is 6.50. The number of carbonyl (C=O) groups excluding carboxylic acids is 1. The van der Waals surface area contributed by atoms with Gasteiger partial charge in [0.25, 0.3) is 0 Å². The maximum absolute atomic E-state index is 14.0. The molecule has 1 saturated heterocycles. The van der Waals surface area contributed by atoms with Crippen LogP contribution in [-0.4, -0.2) is 44.2 Å². The van der Waals surface area contributed by atoms with Crippen molar-refractivity contribution in [1.82, 2.24) is 10.2 Å². The lowest BCUT2D eigenvalue weighted by atomic mass is 9.91. The average molecular weight is 479 g/mol. The summed E-state index contributed by atoms with van der Waals surface area (Å²) in [6.45, 7) is 2.54. The monoisotopic (exact) mass is 478 g/mol. The number of piperidine rings is 1. The average Bonchev–Trinajstić information content (AvgIpc) is 2.90. The number of carbonyl (C=O) groups is 1. The first-order valence-electron chi connectivity index (χ1n) is 11.7. The van der Waals surface area contributed by atoms with Crippen molar-refractivity contribution < 1.29 is 14.3 Å². The number of hydrogen-bond acceptors (Lipinski definition) is 4. The van der Waals surface area contributed by atoms with Gasteiger partial charge in [0.1, 0.15) is 18.1 Å². The second-order valence-electron chi connectivity index (χ2n) is 8.41. The molecule has 6 heteroatoms. The molecule has 1 unspecified atom stereocenters. The van der Waals surface area contributed by atoms with Crippen molar-refractivity contribution in [3.05, 3.63) is 95.0 Å². The van der Waals surface area contributed by atoms with Gasteiger partial charge in [0.15, 0.2) is 0 Å². The highest BCUT2D eigenvalue weighted by Gasteiger charge is 2.33. The van der Waals surface area contributed by atoms with Crippen LogP contribution in [0.1, 0.15) is 30.0 Å². The molecule has 1 atom stereocenters. The van der Waals surface area contributed by atoms with Crippen LogP contribution in [0.3, 0.4) is 0 Å². The van der Waals surface area contributed by atoms with E-state index >= 15 is 0 Å². The molecule has 0 aliphatic carbocycles. The predicted octanol–water partition coefficient (Wildman–Crippen LogP) is 5.35. The number of ether oxygens (including phenoxy) is 2. The lowest BCUT2D eigenvalue weighted by Crippen LogP contribution is -2.44. The highest BCUT2D eigenvalue weighted by atomic mass is 35.5. The molecule has 0 bridgehead atoms. The first-order chi connectivity index (χ1) is 16.7. The quantitative estimate of drug-likeness (QED) is 0.450. The molecule has 0 saturated carbocycles. The molecule has 3 aromatic carbocycles. The number of para-hydroxylation sites is 2. The van der Waals surface area contributed by atoms with Crippen molar-refractivity contribution in [2.75, 3.05) is 33.4 Å². The molecule has 1 amide bonds. The van der Waals surface area contributed by atoms with Crippen molar-refractivity contribution in [1.29, 1.82) is 0 Å². The Hall–Kier alpha value is -3.02. The minimum absolute atomic E-state index is 0.0255. The summed E-state index contributed by atoms with van der Waals surface area (Å²) in [6, 6.07) is 25.0. The van der Waals surface area contributed by atoms with E-state index in [1.165, 1.54) is 0 Å². The maximum Gasteiger partial charge on any atom is 0.226 e. The molecule has 1 heterocycles. The van der Waals surface area contributed by atoms with Gasteiger partial charge in [-0.15, -0.1) is 0 Å². The highest BCUT2D eigenvalue weighted by Crippen LogP contribution is 2.36. The van der Waals surface area contributed by atoms with Gasteiger partial charge in [0.2, 0.25) is 5.91 Å². The molecule has 1 aliphatic heterocycles. The summed E-state index contributed by atoms with van der Waals surface area (Å²) in [6.07, 6.45) is 1.66. The Labute approximate surface area is 206 Å². The van der Waals surface area contributed by atoms with Crippen LogP contribution in [0.4, 0.5) is 0 Å². The molecule has 4 rings (SSSR count). The van der Waals surface area contributed by atoms with E-state index in [-0.39, 0.29) is 17.9 Å². The summed E-state index contributed by atoms with van der Waals surface area (Å²) in [7, 11) is 1.66. The van der Waals surface area contributed by atoms with E-state index < -0.39 is 0 Å². The Morgan fingerprint density at radius 1 is 1.00 bits per heavy atom. The van der Waals surface area contributed by atoms with Gasteiger partial charge in [-0.05, 0) is 61.8 Å². The van der Waals surface area contributed by atoms with E-state index in [1.807, 2.05) is 83.8 Å². The lowest BCUT2D eigenvalue weighted by Gasteiger charge is -2.36. The number of methoxy groups -OCH3 is 1. The van der Waals surface area contributed by atoms with Gasteiger partial charge in [-0.25, -0.2) is 0 Å². The first-order valence-corrected chi connectivity index (χ1v) is 12.1. The van der Waals surface area contributed by atoms with Gasteiger partial charge in [0.05, 0.1) is 19.7 Å². The van der Waals surface area contributed by atoms with Gasteiger partial charge in [-0.1, -0.05) is 60.1 Å². The van der Waals surface area contributed by atoms with E-state index in [9.17, 15) is 4.79 Å². The van der Waals surface area contributed by atoms with Crippen LogP contribution in [0.15, 0.2) is 78.9 Å². The number of nitrogens with zero attached hydrogens (tertiary/aromatic N) is 1. The Morgan fingerprint density at radius 3 is 2.38 bits per heavy atom. The largest absolute Gasteiger partial charge is 0.496 e. The molecule has 3 aromatic rings. The molecule has 34 heavy (non-hydrogen) atoms. The second-order valence-corrected chi connectivity index (χ2v) is 8.85. The van der Waals surface area contributed by atoms with Crippen molar-refractivity contribution >= 4 is 17.5 Å². The minimum Gasteiger partial charge on any atom is -0.496 e. The van der Waals surface area contributed by atoms with Crippen LogP contribution in [-0.2, 0) is 4.79 Å². The number of benzene rings is 3. The molecular formula is C28H31ClN2O3. The van der Waals surface area contributed by atoms with Gasteiger partial charge in [-0.3, -0.25) is 4.79 Å². The van der Waals surface area contributed by atoms with Crippen molar-refractivity contribution in [3.8, 4) is 11.5 Å². The van der Waals surface area contributed by atoms with Crippen LogP contribution in [0, 0.1) is 5.92 Å². The third kappa shape index (κ3) is 5.91. The van der Waals surface area contributed by atoms with Crippen molar-refractivity contribution in [2.24, 2.45) is 5.92 Å². The fraction of sp³-hybridized carbons (Fsp3) is 0.321. The molecule has 0 spiro atoms. The van der Waals surface area contributed by atoms with Crippen LogP contribution in [0.25, 0.3) is 0 Å². The zero-order valence-corrected chi connectivity index (χ0v) is 20.2. The Balaban J connectivity index is 1.71. The van der Waals surface area contributed by atoms with Crippen molar-refractivity contribution in [3.63, 3.8) is 0 Å². The maximum atomic E-state index is 14.0. The highest BCUT2D eigenvalue weighted by molar-refractivity contribution is 6.30. The fourth-order valence-corrected chi connectivity index (χ4v) is 4.64. The topological polar surface area (TPSA) is 50.8 Å². The van der Waals surface area contributed by atoms with E-state index in [4.69, 9.17) is 21.1 Å². The van der Waals surface area contributed by atoms with Crippen molar-refractivity contribution in [2.45, 2.75) is 18.9 Å². The smallest absolute Gasteiger partial charge is 0.226 e. The molecule has 1 aliphatic rings. The molecular weight excluding hydrogens is 448 g/mol. The number of nitrogens with one attached hydrogen (secondary N) is 1. The van der Waals surface area contributed by atoms with Gasteiger partial charge in [-0.2, -0.15) is 0 Å². The standard InChI is InChI=1S/C28H31ClN2O3/c1-33-26-10-6-5-9-25(26)27(21-11-13-23(29)14-12-21)31(28(32)22-15-17-30-18-16-22)19-20-34-24-7-3-2-4-8-24/h2-14,22,27,30H,15-20H2,1H3. The van der Waals surface area contributed by atoms with Crippen LogP contribution < -0.4 is 14.8 Å². The summed E-state index contributed by atoms with van der Waals surface area (Å²) in [4.78, 5) is 15.9. The Kier molecular flexibility index (Phi) is 8.45. The van der Waals surface area contributed by atoms with E-state index in [0.717, 1.165) is 48.6 Å². The van der Waals surface area contributed by atoms with Crippen LogP contribution in [0.2, 0.25) is 5.02 Å². The van der Waals surface area contributed by atoms with E-state index in [2.05, 4.69) is 5.32 Å². The predicted molar refractivity (Wildman–Crippen MR) is 136 cm³/mol. The first kappa shape index (κ1) is 24.1. The van der Waals surface area contributed by atoms with E-state index in [0.29, 0.717) is 18.2 Å². The zero-order valence-electron chi connectivity index (χ0n) is 19.5. The van der Waals surface area contributed by atoms with Gasteiger partial charge >= 0.3 is 0 Å². The summed E-state index contributed by atoms with van der Waals surface area (Å²) in [5.74, 6) is 1.65. The number of amides is 1. The summed E-state index contributed by atoms with van der Waals surface area (Å²) >= 11 is 6.20. The third-order valence-electron chi connectivity index (χ3n) is 6.25. The number of hydrogen-bond donors (Lipinski definition) is 1. The summed E-state index contributed by atoms with van der Waals surface area (Å²) < 4.78 is 11.7.